The fourth-order valence-electron chi connectivity index (χ4n) is 1.68. The number of aromatic nitrogens is 2. The van der Waals surface area contributed by atoms with Crippen molar-refractivity contribution in [2.45, 2.75) is 6.54 Å². The molecule has 0 aliphatic carbocycles. The fourth-order valence-corrected chi connectivity index (χ4v) is 1.68. The Morgan fingerprint density at radius 3 is 2.95 bits per heavy atom. The van der Waals surface area contributed by atoms with E-state index in [9.17, 15) is 14.9 Å². The number of carbonyl (C=O) groups excluding carboxylic acids is 1. The predicted octanol–water partition coefficient (Wildman–Crippen LogP) is 1.89. The largest absolute Gasteiger partial charge is 0.329 e. The number of nitrogens with zero attached hydrogens (tertiary/aromatic N) is 4. The molecule has 0 aliphatic rings. The fraction of sp³-hybridized carbons (Fsp3) is 0.167. The molecule has 0 bridgehead atoms. The summed E-state index contributed by atoms with van der Waals surface area (Å²) in [5, 5.41) is 10.7. The second kappa shape index (κ2) is 5.30. The highest BCUT2D eigenvalue weighted by atomic mass is 16.6. The van der Waals surface area contributed by atoms with Crippen LogP contribution in [0.5, 0.6) is 0 Å². The van der Waals surface area contributed by atoms with Crippen molar-refractivity contribution in [1.82, 2.24) is 14.5 Å². The zero-order chi connectivity index (χ0) is 13.8. The molecule has 1 aromatic heterocycles. The molecule has 0 atom stereocenters. The van der Waals surface area contributed by atoms with Crippen LogP contribution in [0.3, 0.4) is 0 Å². The van der Waals surface area contributed by atoms with Crippen molar-refractivity contribution >= 4 is 11.7 Å². The van der Waals surface area contributed by atoms with Crippen molar-refractivity contribution in [1.29, 1.82) is 0 Å². The first kappa shape index (κ1) is 12.7. The van der Waals surface area contributed by atoms with Crippen molar-refractivity contribution < 1.29 is 9.72 Å². The van der Waals surface area contributed by atoms with E-state index in [1.165, 1.54) is 34.1 Å². The standard InChI is InChI=1S/C12H12N4O3/c1-14(12(17)15-6-5-13-9-15)8-10-3-2-4-11(7-10)16(18)19/h2-7,9H,8H2,1H3. The van der Waals surface area contributed by atoms with Crippen molar-refractivity contribution in [2.75, 3.05) is 7.05 Å². The minimum atomic E-state index is -0.457. The molecule has 0 unspecified atom stereocenters. The van der Waals surface area contributed by atoms with E-state index in [0.717, 1.165) is 0 Å². The van der Waals surface area contributed by atoms with Gasteiger partial charge in [0, 0.05) is 38.1 Å². The monoisotopic (exact) mass is 260 g/mol. The van der Waals surface area contributed by atoms with Crippen LogP contribution in [0.25, 0.3) is 0 Å². The van der Waals surface area contributed by atoms with Crippen molar-refractivity contribution in [2.24, 2.45) is 0 Å². The van der Waals surface area contributed by atoms with Gasteiger partial charge in [-0.1, -0.05) is 12.1 Å². The van der Waals surface area contributed by atoms with E-state index in [4.69, 9.17) is 0 Å². The first-order valence-electron chi connectivity index (χ1n) is 5.54. The Morgan fingerprint density at radius 1 is 1.53 bits per heavy atom. The van der Waals surface area contributed by atoms with Crippen LogP contribution in [-0.2, 0) is 6.54 Å². The van der Waals surface area contributed by atoms with Crippen LogP contribution in [0, 0.1) is 10.1 Å². The van der Waals surface area contributed by atoms with E-state index in [-0.39, 0.29) is 11.7 Å². The van der Waals surface area contributed by atoms with Crippen molar-refractivity contribution in [3.05, 3.63) is 58.7 Å². The normalized spacial score (nSPS) is 10.2. The molecule has 1 aromatic carbocycles. The van der Waals surface area contributed by atoms with Gasteiger partial charge >= 0.3 is 6.03 Å². The topological polar surface area (TPSA) is 81.3 Å². The molecule has 19 heavy (non-hydrogen) atoms. The van der Waals surface area contributed by atoms with Crippen LogP contribution in [0.15, 0.2) is 43.0 Å². The minimum Gasteiger partial charge on any atom is -0.323 e. The molecular formula is C12H12N4O3. The molecule has 2 aromatic rings. The van der Waals surface area contributed by atoms with Crippen LogP contribution < -0.4 is 0 Å². The summed E-state index contributed by atoms with van der Waals surface area (Å²) in [4.78, 5) is 27.4. The van der Waals surface area contributed by atoms with E-state index in [2.05, 4.69) is 4.98 Å². The number of benzene rings is 1. The van der Waals surface area contributed by atoms with E-state index in [0.29, 0.717) is 12.1 Å². The highest BCUT2D eigenvalue weighted by Crippen LogP contribution is 2.14. The molecule has 0 saturated carbocycles. The molecule has 0 radical (unpaired) electrons. The Labute approximate surface area is 109 Å². The van der Waals surface area contributed by atoms with Crippen LogP contribution in [-0.4, -0.2) is 32.5 Å². The predicted molar refractivity (Wildman–Crippen MR) is 67.6 cm³/mol. The summed E-state index contributed by atoms with van der Waals surface area (Å²) < 4.78 is 1.34. The molecule has 7 heteroatoms. The highest BCUT2D eigenvalue weighted by Gasteiger charge is 2.12. The highest BCUT2D eigenvalue weighted by molar-refractivity contribution is 5.76. The molecule has 7 nitrogen and oxygen atoms in total. The number of nitro groups is 1. The van der Waals surface area contributed by atoms with Gasteiger partial charge in [-0.05, 0) is 5.56 Å². The Bertz CT molecular complexity index is 595. The lowest BCUT2D eigenvalue weighted by molar-refractivity contribution is -0.384. The maximum Gasteiger partial charge on any atom is 0.329 e. The zero-order valence-corrected chi connectivity index (χ0v) is 10.3. The maximum atomic E-state index is 11.9. The summed E-state index contributed by atoms with van der Waals surface area (Å²) in [7, 11) is 1.63. The number of non-ortho nitro benzene ring substituents is 1. The summed E-state index contributed by atoms with van der Waals surface area (Å²) in [6.07, 6.45) is 4.47. The Hall–Kier alpha value is -2.70. The molecule has 1 heterocycles. The van der Waals surface area contributed by atoms with E-state index in [1.807, 2.05) is 0 Å². The van der Waals surface area contributed by atoms with Gasteiger partial charge in [-0.2, -0.15) is 0 Å². The van der Waals surface area contributed by atoms with Crippen LogP contribution in [0.1, 0.15) is 5.56 Å². The van der Waals surface area contributed by atoms with Gasteiger partial charge in [0.2, 0.25) is 0 Å². The number of hydrogen-bond acceptors (Lipinski definition) is 4. The summed E-state index contributed by atoms with van der Waals surface area (Å²) in [6.45, 7) is 0.290. The number of carbonyl (C=O) groups is 1. The summed E-state index contributed by atoms with van der Waals surface area (Å²) in [5.74, 6) is 0. The first-order chi connectivity index (χ1) is 9.08. The van der Waals surface area contributed by atoms with Gasteiger partial charge < -0.3 is 4.90 Å². The first-order valence-corrected chi connectivity index (χ1v) is 5.54. The third-order valence-corrected chi connectivity index (χ3v) is 2.59. The smallest absolute Gasteiger partial charge is 0.323 e. The van der Waals surface area contributed by atoms with Gasteiger partial charge in [0.05, 0.1) is 4.92 Å². The molecule has 1 amide bonds. The number of hydrogen-bond donors (Lipinski definition) is 0. The Morgan fingerprint density at radius 2 is 2.32 bits per heavy atom. The van der Waals surface area contributed by atoms with Gasteiger partial charge in [0.1, 0.15) is 6.33 Å². The number of nitro benzene ring substituents is 1. The molecule has 2 rings (SSSR count). The summed E-state index contributed by atoms with van der Waals surface area (Å²) in [5.41, 5.74) is 0.714. The van der Waals surface area contributed by atoms with Crippen LogP contribution >= 0.6 is 0 Å². The molecular weight excluding hydrogens is 248 g/mol. The third kappa shape index (κ3) is 2.95. The van der Waals surface area contributed by atoms with Crippen LogP contribution in [0.2, 0.25) is 0 Å². The average molecular weight is 260 g/mol. The van der Waals surface area contributed by atoms with E-state index >= 15 is 0 Å². The summed E-state index contributed by atoms with van der Waals surface area (Å²) in [6, 6.07) is 5.97. The van der Waals surface area contributed by atoms with Crippen molar-refractivity contribution in [3.63, 3.8) is 0 Å². The Balaban J connectivity index is 2.10. The number of amides is 1. The lowest BCUT2D eigenvalue weighted by Gasteiger charge is -2.16. The Kier molecular flexibility index (Phi) is 3.56. The van der Waals surface area contributed by atoms with Gasteiger partial charge in [-0.15, -0.1) is 0 Å². The lowest BCUT2D eigenvalue weighted by Crippen LogP contribution is -2.29. The summed E-state index contributed by atoms with van der Waals surface area (Å²) >= 11 is 0. The number of imidazole rings is 1. The number of rotatable bonds is 3. The second-order valence-corrected chi connectivity index (χ2v) is 4.04. The molecule has 0 spiro atoms. The van der Waals surface area contributed by atoms with Gasteiger partial charge in [-0.3, -0.25) is 14.7 Å². The quantitative estimate of drug-likeness (QED) is 0.623. The molecule has 0 fully saturated rings. The zero-order valence-electron chi connectivity index (χ0n) is 10.3. The van der Waals surface area contributed by atoms with Gasteiger partial charge in [0.15, 0.2) is 0 Å². The van der Waals surface area contributed by atoms with Gasteiger partial charge in [-0.25, -0.2) is 9.78 Å². The van der Waals surface area contributed by atoms with Crippen molar-refractivity contribution in [3.8, 4) is 0 Å². The molecule has 98 valence electrons. The molecule has 0 N–H and O–H groups in total. The SMILES string of the molecule is CN(Cc1cccc([N+](=O)[O-])c1)C(=O)n1ccnc1. The van der Waals surface area contributed by atoms with Gasteiger partial charge in [0.25, 0.3) is 5.69 Å². The average Bonchev–Trinajstić information content (AvgIpc) is 2.92. The third-order valence-electron chi connectivity index (χ3n) is 2.59. The minimum absolute atomic E-state index is 0.0148. The molecule has 0 aliphatic heterocycles. The second-order valence-electron chi connectivity index (χ2n) is 4.04. The van der Waals surface area contributed by atoms with E-state index < -0.39 is 4.92 Å². The lowest BCUT2D eigenvalue weighted by atomic mass is 10.2. The van der Waals surface area contributed by atoms with Crippen LogP contribution in [0.4, 0.5) is 10.5 Å². The van der Waals surface area contributed by atoms with E-state index in [1.54, 1.807) is 25.4 Å². The maximum absolute atomic E-state index is 11.9. The molecule has 0 saturated heterocycles.